The number of rotatable bonds is 7. The topological polar surface area (TPSA) is 9.23 Å². The Labute approximate surface area is 235 Å². The molecule has 1 nitrogen and oxygen atoms in total. The summed E-state index contributed by atoms with van der Waals surface area (Å²) in [4.78, 5) is 0. The predicted octanol–water partition coefficient (Wildman–Crippen LogP) is 11.1. The zero-order valence-electron chi connectivity index (χ0n) is 26.3. The first kappa shape index (κ1) is 30.4. The summed E-state index contributed by atoms with van der Waals surface area (Å²) in [7, 11) is 1.26. The zero-order chi connectivity index (χ0) is 28.6. The first-order valence-electron chi connectivity index (χ1n) is 14.3. The number of benzene rings is 3. The van der Waals surface area contributed by atoms with Crippen molar-refractivity contribution in [1.82, 2.24) is 0 Å². The van der Waals surface area contributed by atoms with Crippen molar-refractivity contribution in [2.75, 3.05) is 7.11 Å². The van der Waals surface area contributed by atoms with Crippen LogP contribution in [0.4, 0.5) is 0 Å². The van der Waals surface area contributed by atoms with E-state index in [4.69, 9.17) is 4.74 Å². The highest BCUT2D eigenvalue weighted by Crippen LogP contribution is 2.61. The van der Waals surface area contributed by atoms with E-state index in [9.17, 15) is 0 Å². The van der Waals surface area contributed by atoms with Crippen LogP contribution in [0.2, 0.25) is 0 Å². The highest BCUT2D eigenvalue weighted by Gasteiger charge is 2.40. The molecule has 0 unspecified atom stereocenters. The van der Waals surface area contributed by atoms with Crippen LogP contribution in [0.25, 0.3) is 22.3 Å². The summed E-state index contributed by atoms with van der Waals surface area (Å²) in [6.45, 7) is 28.6. The van der Waals surface area contributed by atoms with Crippen LogP contribution in [0.1, 0.15) is 118 Å². The fourth-order valence-electron chi connectivity index (χ4n) is 6.26. The molecule has 0 aromatic heterocycles. The third-order valence-electron chi connectivity index (χ3n) is 7.36. The van der Waals surface area contributed by atoms with Crippen molar-refractivity contribution in [3.8, 4) is 28.0 Å². The van der Waals surface area contributed by atoms with Crippen LogP contribution < -0.4 is 10.0 Å². The summed E-state index contributed by atoms with van der Waals surface area (Å²) in [6.07, 6.45) is 0. The molecule has 0 radical (unpaired) electrons. The van der Waals surface area contributed by atoms with Crippen LogP contribution in [0.3, 0.4) is 0 Å². The average Bonchev–Trinajstić information content (AvgIpc) is 2.81. The van der Waals surface area contributed by atoms with E-state index < -0.39 is 7.92 Å². The Bertz CT molecular complexity index is 1220. The van der Waals surface area contributed by atoms with E-state index in [-0.39, 0.29) is 10.3 Å². The van der Waals surface area contributed by atoms with Gasteiger partial charge in [0.15, 0.2) is 0 Å². The maximum absolute atomic E-state index is 6.17. The molecule has 3 aromatic rings. The molecule has 0 saturated carbocycles. The lowest BCUT2D eigenvalue weighted by Gasteiger charge is -2.43. The number of ether oxygens (including phenoxy) is 1. The summed E-state index contributed by atoms with van der Waals surface area (Å²) in [6, 6.07) is 20.3. The molecule has 0 amide bonds. The Balaban J connectivity index is 2.65. The van der Waals surface area contributed by atoms with Crippen molar-refractivity contribution in [2.45, 2.75) is 111 Å². The number of hydrogen-bond acceptors (Lipinski definition) is 1. The molecular formula is C36H51OP. The third-order valence-corrected chi connectivity index (χ3v) is 11.0. The first-order valence-corrected chi connectivity index (χ1v) is 15.7. The van der Waals surface area contributed by atoms with Crippen LogP contribution >= 0.6 is 7.92 Å². The van der Waals surface area contributed by atoms with Crippen molar-refractivity contribution in [3.63, 3.8) is 0 Å². The Morgan fingerprint density at radius 1 is 0.632 bits per heavy atom. The molecule has 0 fully saturated rings. The molecule has 0 atom stereocenters. The van der Waals surface area contributed by atoms with Crippen LogP contribution in [0.15, 0.2) is 54.6 Å². The highest BCUT2D eigenvalue weighted by molar-refractivity contribution is 7.69. The fraction of sp³-hybridized carbons (Fsp3) is 0.500. The molecule has 0 heterocycles. The lowest BCUT2D eigenvalue weighted by molar-refractivity contribution is 0.418. The van der Waals surface area contributed by atoms with Gasteiger partial charge >= 0.3 is 0 Å². The van der Waals surface area contributed by atoms with E-state index in [1.54, 1.807) is 0 Å². The van der Waals surface area contributed by atoms with Gasteiger partial charge < -0.3 is 4.74 Å². The minimum Gasteiger partial charge on any atom is -0.496 e. The van der Waals surface area contributed by atoms with Gasteiger partial charge in [-0.1, -0.05) is 140 Å². The Morgan fingerprint density at radius 2 is 1.16 bits per heavy atom. The van der Waals surface area contributed by atoms with Gasteiger partial charge in [-0.3, -0.25) is 0 Å². The van der Waals surface area contributed by atoms with Gasteiger partial charge in [-0.2, -0.15) is 0 Å². The van der Waals surface area contributed by atoms with E-state index in [0.29, 0.717) is 17.8 Å². The van der Waals surface area contributed by atoms with Gasteiger partial charge in [-0.05, 0) is 73.1 Å². The van der Waals surface area contributed by atoms with Gasteiger partial charge in [0.25, 0.3) is 0 Å². The van der Waals surface area contributed by atoms with Gasteiger partial charge in [-0.15, -0.1) is 0 Å². The fourth-order valence-corrected chi connectivity index (χ4v) is 10.4. The maximum atomic E-state index is 6.17. The van der Waals surface area contributed by atoms with Crippen molar-refractivity contribution in [1.29, 1.82) is 0 Å². The SMILES string of the molecule is COc1cccc(-c2c(C(C)C)cc(C(C)C)c(-c3ccccc3)c2C(C)C)c1P(C(C)(C)C)C(C)(C)C. The summed E-state index contributed by atoms with van der Waals surface area (Å²) < 4.78 is 6.17. The molecule has 206 valence electrons. The second-order valence-corrected chi connectivity index (χ2v) is 17.4. The molecule has 0 bridgehead atoms. The Kier molecular flexibility index (Phi) is 9.25. The molecular weight excluding hydrogens is 479 g/mol. The van der Waals surface area contributed by atoms with Crippen molar-refractivity contribution in [3.05, 3.63) is 71.3 Å². The largest absolute Gasteiger partial charge is 0.496 e. The van der Waals surface area contributed by atoms with Gasteiger partial charge in [0, 0.05) is 5.30 Å². The van der Waals surface area contributed by atoms with Crippen LogP contribution in [-0.2, 0) is 0 Å². The summed E-state index contributed by atoms with van der Waals surface area (Å²) in [5.74, 6) is 2.22. The van der Waals surface area contributed by atoms with Crippen molar-refractivity contribution < 1.29 is 4.74 Å². The van der Waals surface area contributed by atoms with Gasteiger partial charge in [0.2, 0.25) is 0 Å². The lowest BCUT2D eigenvalue weighted by atomic mass is 9.76. The van der Waals surface area contributed by atoms with Crippen LogP contribution in [0.5, 0.6) is 5.75 Å². The molecule has 0 aliphatic carbocycles. The molecule has 0 saturated heterocycles. The van der Waals surface area contributed by atoms with E-state index in [1.165, 1.54) is 44.2 Å². The number of methoxy groups -OCH3 is 1. The van der Waals surface area contributed by atoms with Crippen LogP contribution in [-0.4, -0.2) is 17.4 Å². The molecule has 0 spiro atoms. The number of hydrogen-bond donors (Lipinski definition) is 0. The normalized spacial score (nSPS) is 12.8. The summed E-state index contributed by atoms with van der Waals surface area (Å²) in [5, 5.41) is 1.64. The molecule has 0 N–H and O–H groups in total. The predicted molar refractivity (Wildman–Crippen MR) is 172 cm³/mol. The Morgan fingerprint density at radius 3 is 1.61 bits per heavy atom. The summed E-state index contributed by atoms with van der Waals surface area (Å²) >= 11 is 0. The first-order chi connectivity index (χ1) is 17.6. The average molecular weight is 531 g/mol. The maximum Gasteiger partial charge on any atom is 0.127 e. The van der Waals surface area contributed by atoms with E-state index in [0.717, 1.165) is 5.75 Å². The van der Waals surface area contributed by atoms with Crippen LogP contribution in [0, 0.1) is 0 Å². The third kappa shape index (κ3) is 6.04. The quantitative estimate of drug-likeness (QED) is 0.276. The van der Waals surface area contributed by atoms with E-state index in [1.807, 2.05) is 7.11 Å². The highest BCUT2D eigenvalue weighted by atomic mass is 31.1. The second-order valence-electron chi connectivity index (χ2n) is 13.6. The van der Waals surface area contributed by atoms with Crippen molar-refractivity contribution >= 4 is 13.2 Å². The molecule has 2 heteroatoms. The molecule has 3 aromatic carbocycles. The summed E-state index contributed by atoms with van der Waals surface area (Å²) in [5.41, 5.74) is 9.89. The van der Waals surface area contributed by atoms with E-state index >= 15 is 0 Å². The van der Waals surface area contributed by atoms with Gasteiger partial charge in [0.1, 0.15) is 5.75 Å². The minimum absolute atomic E-state index is 0.118. The standard InChI is InChI=1S/C36H51OP/c1-23(2)28-22-29(24(3)4)33(31(25(5)6)32(28)26-18-15-14-16-19-26)27-20-17-21-30(37-13)34(27)38(35(7,8)9)36(10,11)12/h14-25H,1-13H3. The molecule has 0 aliphatic rings. The minimum atomic E-state index is -0.581. The van der Waals surface area contributed by atoms with Gasteiger partial charge in [0.05, 0.1) is 7.11 Å². The molecule has 38 heavy (non-hydrogen) atoms. The zero-order valence-corrected chi connectivity index (χ0v) is 27.2. The lowest BCUT2D eigenvalue weighted by Crippen LogP contribution is -2.33. The molecule has 3 rings (SSSR count). The Hall–Kier alpha value is -2.11. The van der Waals surface area contributed by atoms with Gasteiger partial charge in [-0.25, -0.2) is 0 Å². The second kappa shape index (κ2) is 11.6. The van der Waals surface area contributed by atoms with E-state index in [2.05, 4.69) is 138 Å². The monoisotopic (exact) mass is 530 g/mol. The smallest absolute Gasteiger partial charge is 0.127 e. The van der Waals surface area contributed by atoms with Crippen molar-refractivity contribution in [2.24, 2.45) is 0 Å². The molecule has 0 aliphatic heterocycles.